The highest BCUT2D eigenvalue weighted by Gasteiger charge is 2.24. The molecule has 0 aromatic heterocycles. The molecule has 1 amide bonds. The van der Waals surface area contributed by atoms with Gasteiger partial charge in [0.25, 0.3) is 5.91 Å². The summed E-state index contributed by atoms with van der Waals surface area (Å²) in [6.07, 6.45) is 1.78. The Labute approximate surface area is 222 Å². The number of amides is 1. The molecule has 1 N–H and O–H groups in total. The number of halogens is 2. The smallest absolute Gasteiger partial charge is 0.264 e. The van der Waals surface area contributed by atoms with Crippen LogP contribution in [0.5, 0.6) is 11.5 Å². The van der Waals surface area contributed by atoms with Gasteiger partial charge in [-0.3, -0.25) is 4.79 Å². The Morgan fingerprint density at radius 2 is 1.78 bits per heavy atom. The minimum Gasteiger partial charge on any atom is -0.493 e. The summed E-state index contributed by atoms with van der Waals surface area (Å²) in [5.41, 5.74) is 2.37. The molecular weight excluding hydrogens is 515 g/mol. The van der Waals surface area contributed by atoms with E-state index >= 15 is 0 Å². The monoisotopic (exact) mass is 534 g/mol. The van der Waals surface area contributed by atoms with E-state index in [1.165, 1.54) is 17.1 Å². The van der Waals surface area contributed by atoms with Gasteiger partial charge in [-0.15, -0.1) is 0 Å². The maximum Gasteiger partial charge on any atom is 0.264 e. The van der Waals surface area contributed by atoms with E-state index in [4.69, 9.17) is 32.7 Å². The van der Waals surface area contributed by atoms with Crippen molar-refractivity contribution in [3.05, 3.63) is 105 Å². The molecule has 0 atom stereocenters. The number of methoxy groups -OCH3 is 1. The third kappa shape index (κ3) is 5.21. The Kier molecular flexibility index (Phi) is 7.18. The highest BCUT2D eigenvalue weighted by atomic mass is 35.5. The van der Waals surface area contributed by atoms with Crippen LogP contribution in [-0.4, -0.2) is 18.2 Å². The SMILES string of the molecule is COc1cc(C=C2SC(=Nc3cccc(Cl)c3Cl)NC2=O)ccc1OCc1cccc2ccccc12. The highest BCUT2D eigenvalue weighted by Crippen LogP contribution is 2.36. The fourth-order valence-electron chi connectivity index (χ4n) is 3.79. The zero-order chi connectivity index (χ0) is 25.1. The first-order chi connectivity index (χ1) is 17.5. The normalized spacial score (nSPS) is 15.5. The lowest BCUT2D eigenvalue weighted by molar-refractivity contribution is -0.115. The van der Waals surface area contributed by atoms with E-state index in [1.54, 1.807) is 31.4 Å². The lowest BCUT2D eigenvalue weighted by Gasteiger charge is -2.13. The summed E-state index contributed by atoms with van der Waals surface area (Å²) in [6, 6.07) is 25.1. The third-order valence-corrected chi connectivity index (χ3v) is 7.27. The molecule has 4 aromatic rings. The third-order valence-electron chi connectivity index (χ3n) is 5.55. The Morgan fingerprint density at radius 1 is 0.972 bits per heavy atom. The quantitative estimate of drug-likeness (QED) is 0.258. The molecule has 8 heteroatoms. The van der Waals surface area contributed by atoms with Crippen molar-refractivity contribution < 1.29 is 14.3 Å². The molecule has 180 valence electrons. The summed E-state index contributed by atoms with van der Waals surface area (Å²) in [4.78, 5) is 17.5. The number of carbonyl (C=O) groups excluding carboxylic acids is 1. The average molecular weight is 535 g/mol. The van der Waals surface area contributed by atoms with E-state index in [2.05, 4.69) is 34.6 Å². The van der Waals surface area contributed by atoms with Crippen LogP contribution in [0.25, 0.3) is 16.8 Å². The van der Waals surface area contributed by atoms with Gasteiger partial charge >= 0.3 is 0 Å². The van der Waals surface area contributed by atoms with Crippen molar-refractivity contribution in [2.45, 2.75) is 6.61 Å². The van der Waals surface area contributed by atoms with Crippen molar-refractivity contribution in [2.75, 3.05) is 7.11 Å². The molecule has 1 aliphatic rings. The molecule has 36 heavy (non-hydrogen) atoms. The van der Waals surface area contributed by atoms with E-state index in [-0.39, 0.29) is 5.91 Å². The number of carbonyl (C=O) groups is 1. The number of rotatable bonds is 6. The number of nitrogens with zero attached hydrogens (tertiary/aromatic N) is 1. The van der Waals surface area contributed by atoms with E-state index in [0.717, 1.165) is 16.5 Å². The first-order valence-electron chi connectivity index (χ1n) is 11.0. The molecule has 0 bridgehead atoms. The summed E-state index contributed by atoms with van der Waals surface area (Å²) >= 11 is 13.5. The van der Waals surface area contributed by atoms with Gasteiger partial charge in [-0.05, 0) is 64.0 Å². The van der Waals surface area contributed by atoms with Gasteiger partial charge in [0.2, 0.25) is 0 Å². The Hall–Kier alpha value is -3.45. The molecule has 1 saturated heterocycles. The maximum absolute atomic E-state index is 12.5. The average Bonchev–Trinajstić information content (AvgIpc) is 3.24. The van der Waals surface area contributed by atoms with Gasteiger partial charge < -0.3 is 14.8 Å². The first kappa shape index (κ1) is 24.3. The number of hydrogen-bond donors (Lipinski definition) is 1. The maximum atomic E-state index is 12.5. The zero-order valence-corrected chi connectivity index (χ0v) is 21.5. The molecule has 0 spiro atoms. The number of aliphatic imine (C=N–C) groups is 1. The largest absolute Gasteiger partial charge is 0.493 e. The van der Waals surface area contributed by atoms with Crippen molar-refractivity contribution in [1.29, 1.82) is 0 Å². The summed E-state index contributed by atoms with van der Waals surface area (Å²) < 4.78 is 11.7. The minimum absolute atomic E-state index is 0.243. The van der Waals surface area contributed by atoms with Crippen LogP contribution in [0.1, 0.15) is 11.1 Å². The highest BCUT2D eigenvalue weighted by molar-refractivity contribution is 8.18. The van der Waals surface area contributed by atoms with Gasteiger partial charge in [-0.2, -0.15) is 0 Å². The predicted octanol–water partition coefficient (Wildman–Crippen LogP) is 7.63. The molecule has 1 fully saturated rings. The van der Waals surface area contributed by atoms with Gasteiger partial charge in [-0.25, -0.2) is 4.99 Å². The number of benzene rings is 4. The summed E-state index contributed by atoms with van der Waals surface area (Å²) in [5.74, 6) is 0.953. The van der Waals surface area contributed by atoms with Crippen molar-refractivity contribution >= 4 is 68.6 Å². The molecule has 5 rings (SSSR count). The topological polar surface area (TPSA) is 59.9 Å². The van der Waals surface area contributed by atoms with E-state index in [1.807, 2.05) is 36.4 Å². The Balaban J connectivity index is 1.34. The molecule has 0 radical (unpaired) electrons. The number of nitrogens with one attached hydrogen (secondary N) is 1. The second kappa shape index (κ2) is 10.7. The lowest BCUT2D eigenvalue weighted by atomic mass is 10.1. The van der Waals surface area contributed by atoms with Gasteiger partial charge in [0.1, 0.15) is 6.61 Å². The number of thioether (sulfide) groups is 1. The van der Waals surface area contributed by atoms with Crippen LogP contribution in [0.15, 0.2) is 88.8 Å². The fourth-order valence-corrected chi connectivity index (χ4v) is 4.96. The molecule has 5 nitrogen and oxygen atoms in total. The number of amidine groups is 1. The van der Waals surface area contributed by atoms with E-state index < -0.39 is 0 Å². The van der Waals surface area contributed by atoms with Crippen LogP contribution in [0.4, 0.5) is 5.69 Å². The number of fused-ring (bicyclic) bond motifs is 1. The number of hydrogen-bond acceptors (Lipinski definition) is 5. The fraction of sp³-hybridized carbons (Fsp3) is 0.0714. The van der Waals surface area contributed by atoms with Crippen LogP contribution in [-0.2, 0) is 11.4 Å². The zero-order valence-electron chi connectivity index (χ0n) is 19.1. The van der Waals surface area contributed by atoms with Crippen LogP contribution in [0.3, 0.4) is 0 Å². The second-order valence-electron chi connectivity index (χ2n) is 7.89. The lowest BCUT2D eigenvalue weighted by Crippen LogP contribution is -2.19. The molecule has 0 saturated carbocycles. The summed E-state index contributed by atoms with van der Waals surface area (Å²) in [6.45, 7) is 0.405. The van der Waals surface area contributed by atoms with Crippen LogP contribution >= 0.6 is 35.0 Å². The molecule has 1 aliphatic heterocycles. The van der Waals surface area contributed by atoms with Gasteiger partial charge in [-0.1, -0.05) is 77.8 Å². The van der Waals surface area contributed by atoms with Crippen molar-refractivity contribution in [3.8, 4) is 11.5 Å². The Morgan fingerprint density at radius 3 is 2.64 bits per heavy atom. The molecule has 4 aromatic carbocycles. The van der Waals surface area contributed by atoms with Gasteiger partial charge in [0.05, 0.1) is 27.7 Å². The Bertz CT molecular complexity index is 1530. The van der Waals surface area contributed by atoms with E-state index in [9.17, 15) is 4.79 Å². The molecule has 1 heterocycles. The summed E-state index contributed by atoms with van der Waals surface area (Å²) in [7, 11) is 1.59. The van der Waals surface area contributed by atoms with Crippen LogP contribution in [0, 0.1) is 0 Å². The predicted molar refractivity (Wildman–Crippen MR) is 149 cm³/mol. The molecule has 0 aliphatic carbocycles. The van der Waals surface area contributed by atoms with Crippen LogP contribution in [0.2, 0.25) is 10.0 Å². The summed E-state index contributed by atoms with van der Waals surface area (Å²) in [5, 5.41) is 6.25. The standard InChI is InChI=1S/C28H20Cl2N2O3S/c1-34-24-14-17(12-13-23(24)35-16-19-8-4-7-18-6-2-3-9-20(18)19)15-25-27(33)32-28(36-25)31-22-11-5-10-21(29)26(22)30/h2-15H,16H2,1H3,(H,31,32,33). The molecular formula is C28H20Cl2N2O3S. The van der Waals surface area contributed by atoms with Crippen LogP contribution < -0.4 is 14.8 Å². The molecule has 0 unspecified atom stereocenters. The van der Waals surface area contributed by atoms with Crippen molar-refractivity contribution in [1.82, 2.24) is 5.32 Å². The van der Waals surface area contributed by atoms with Crippen molar-refractivity contribution in [3.63, 3.8) is 0 Å². The van der Waals surface area contributed by atoms with Gasteiger partial charge in [0.15, 0.2) is 16.7 Å². The number of ether oxygens (including phenoxy) is 2. The minimum atomic E-state index is -0.243. The van der Waals surface area contributed by atoms with Crippen molar-refractivity contribution in [2.24, 2.45) is 4.99 Å². The van der Waals surface area contributed by atoms with E-state index in [0.29, 0.717) is 43.9 Å². The van der Waals surface area contributed by atoms with Gasteiger partial charge in [0, 0.05) is 0 Å². The second-order valence-corrected chi connectivity index (χ2v) is 9.71. The first-order valence-corrected chi connectivity index (χ1v) is 12.6.